The van der Waals surface area contributed by atoms with Gasteiger partial charge in [-0.15, -0.1) is 5.10 Å². The van der Waals surface area contributed by atoms with Crippen molar-refractivity contribution in [1.29, 1.82) is 0 Å². The minimum atomic E-state index is -4.64. The molecule has 4 atom stereocenters. The number of hydrogen-bond donors (Lipinski definition) is 1. The minimum Gasteiger partial charge on any atom is -0.497 e. The number of ether oxygens (including phenoxy) is 4. The SMILES string of the molecule is COc1ccc(C(OC[C@H]2O[C@@H](n3ccc(NC(=O)c4ccccc4C)nc3=O)C[C@@H]2OP(C)(=S)On2nnc3ccc(C(F)(F)F)cc32)(c2ccccc2)c2ccc(OC)cc2)cc1. The summed E-state index contributed by atoms with van der Waals surface area (Å²) in [5, 5.41) is 10.6. The number of fused-ring (bicyclic) bond motifs is 1. The van der Waals surface area contributed by atoms with Gasteiger partial charge in [-0.3, -0.25) is 9.36 Å². The Bertz CT molecular complexity index is 2870. The number of methoxy groups -OCH3 is 2. The number of carbonyl (C=O) groups excluding carboxylic acids is 1. The van der Waals surface area contributed by atoms with Crippen LogP contribution in [0.4, 0.5) is 19.0 Å². The van der Waals surface area contributed by atoms with Crippen molar-refractivity contribution in [1.82, 2.24) is 24.7 Å². The molecule has 1 aliphatic heterocycles. The lowest BCUT2D eigenvalue weighted by Gasteiger charge is -2.37. The van der Waals surface area contributed by atoms with Crippen molar-refractivity contribution < 1.29 is 46.1 Å². The number of aryl methyl sites for hydroxylation is 1. The Balaban J connectivity index is 1.15. The number of anilines is 1. The quantitative estimate of drug-likeness (QED) is 0.0778. The second kappa shape index (κ2) is 18.6. The second-order valence-corrected chi connectivity index (χ2v) is 19.0. The van der Waals surface area contributed by atoms with E-state index in [4.69, 9.17) is 39.9 Å². The molecule has 0 spiro atoms. The third-order valence-electron chi connectivity index (χ3n) is 10.9. The zero-order valence-electron chi connectivity index (χ0n) is 35.3. The molecule has 0 saturated carbocycles. The summed E-state index contributed by atoms with van der Waals surface area (Å²) in [7, 11) is 3.15. The molecule has 19 heteroatoms. The maximum Gasteiger partial charge on any atom is 0.416 e. The van der Waals surface area contributed by atoms with Crippen LogP contribution in [0.25, 0.3) is 11.0 Å². The van der Waals surface area contributed by atoms with Crippen molar-refractivity contribution in [3.05, 3.63) is 177 Å². The molecule has 1 unspecified atom stereocenters. The van der Waals surface area contributed by atoms with E-state index in [9.17, 15) is 22.8 Å². The number of benzene rings is 5. The minimum absolute atomic E-state index is 0.0276. The average Bonchev–Trinajstić information content (AvgIpc) is 3.89. The Morgan fingerprint density at radius 1 is 0.862 bits per heavy atom. The predicted octanol–water partition coefficient (Wildman–Crippen LogP) is 8.33. The van der Waals surface area contributed by atoms with E-state index in [2.05, 4.69) is 20.6 Å². The van der Waals surface area contributed by atoms with Crippen molar-refractivity contribution in [2.45, 2.75) is 43.6 Å². The van der Waals surface area contributed by atoms with E-state index in [1.165, 1.54) is 29.6 Å². The smallest absolute Gasteiger partial charge is 0.416 e. The first kappa shape index (κ1) is 45.1. The number of alkyl halides is 3. The summed E-state index contributed by atoms with van der Waals surface area (Å²) < 4.78 is 79.8. The first-order chi connectivity index (χ1) is 31.2. The van der Waals surface area contributed by atoms with E-state index in [1.54, 1.807) is 39.3 Å². The normalized spacial score (nSPS) is 17.4. The molecule has 65 heavy (non-hydrogen) atoms. The first-order valence-corrected chi connectivity index (χ1v) is 23.2. The third kappa shape index (κ3) is 9.67. The van der Waals surface area contributed by atoms with Crippen LogP contribution in [0, 0.1) is 6.92 Å². The number of nitrogens with one attached hydrogen (secondary N) is 1. The summed E-state index contributed by atoms with van der Waals surface area (Å²) in [6, 6.07) is 35.9. The van der Waals surface area contributed by atoms with Crippen LogP contribution in [-0.2, 0) is 37.6 Å². The van der Waals surface area contributed by atoms with Crippen molar-refractivity contribution in [3.8, 4) is 11.5 Å². The van der Waals surface area contributed by atoms with E-state index in [0.29, 0.717) is 17.1 Å². The van der Waals surface area contributed by atoms with Crippen LogP contribution < -0.4 is 25.1 Å². The molecule has 1 saturated heterocycles. The van der Waals surface area contributed by atoms with Gasteiger partial charge in [-0.05, 0) is 101 Å². The lowest BCUT2D eigenvalue weighted by atomic mass is 9.80. The molecule has 336 valence electrons. The molecule has 0 bridgehead atoms. The molecule has 1 amide bonds. The van der Waals surface area contributed by atoms with Crippen LogP contribution in [0.5, 0.6) is 11.5 Å². The number of rotatable bonds is 15. The monoisotopic (exact) mass is 926 g/mol. The summed E-state index contributed by atoms with van der Waals surface area (Å²) in [6.45, 7) is -0.332. The van der Waals surface area contributed by atoms with Crippen LogP contribution in [0.3, 0.4) is 0 Å². The number of nitrogens with zero attached hydrogens (tertiary/aromatic N) is 5. The number of amides is 1. The molecular formula is C46H42F3N6O8PS. The van der Waals surface area contributed by atoms with Gasteiger partial charge in [-0.25, -0.2) is 4.79 Å². The Labute approximate surface area is 376 Å². The van der Waals surface area contributed by atoms with Gasteiger partial charge in [-0.2, -0.15) is 18.2 Å². The van der Waals surface area contributed by atoms with Crippen molar-refractivity contribution >= 4 is 41.1 Å². The first-order valence-electron chi connectivity index (χ1n) is 20.2. The van der Waals surface area contributed by atoms with Gasteiger partial charge < -0.3 is 33.4 Å². The number of carbonyl (C=O) groups is 1. The fourth-order valence-corrected chi connectivity index (χ4v) is 9.34. The van der Waals surface area contributed by atoms with E-state index < -0.39 is 53.9 Å². The highest BCUT2D eigenvalue weighted by Gasteiger charge is 2.45. The summed E-state index contributed by atoms with van der Waals surface area (Å²) >= 11 is 5.89. The lowest BCUT2D eigenvalue weighted by Crippen LogP contribution is -2.38. The van der Waals surface area contributed by atoms with Crippen molar-refractivity contribution in [2.24, 2.45) is 0 Å². The highest BCUT2D eigenvalue weighted by atomic mass is 32.5. The maximum atomic E-state index is 13.7. The Morgan fingerprint density at radius 2 is 1.48 bits per heavy atom. The van der Waals surface area contributed by atoms with Gasteiger partial charge in [0.25, 0.3) is 12.4 Å². The topological polar surface area (TPSA) is 150 Å². The molecular weight excluding hydrogens is 885 g/mol. The van der Waals surface area contributed by atoms with E-state index in [-0.39, 0.29) is 29.9 Å². The largest absolute Gasteiger partial charge is 0.497 e. The van der Waals surface area contributed by atoms with Gasteiger partial charge in [-0.1, -0.05) is 77.6 Å². The zero-order chi connectivity index (χ0) is 45.9. The highest BCUT2D eigenvalue weighted by molar-refractivity contribution is 8.09. The molecule has 5 aromatic carbocycles. The third-order valence-corrected chi connectivity index (χ3v) is 12.4. The fourth-order valence-electron chi connectivity index (χ4n) is 7.67. The molecule has 0 radical (unpaired) electrons. The molecule has 2 aromatic heterocycles. The van der Waals surface area contributed by atoms with Crippen LogP contribution in [0.2, 0.25) is 0 Å². The van der Waals surface area contributed by atoms with Gasteiger partial charge in [0.2, 0.25) is 0 Å². The van der Waals surface area contributed by atoms with Crippen LogP contribution >= 0.6 is 6.49 Å². The summed E-state index contributed by atoms with van der Waals surface area (Å²) in [4.78, 5) is 31.8. The van der Waals surface area contributed by atoms with E-state index >= 15 is 0 Å². The number of halogens is 3. The average molecular weight is 927 g/mol. The molecule has 1 fully saturated rings. The molecule has 8 rings (SSSR count). The molecule has 1 N–H and O–H groups in total. The molecule has 7 aromatic rings. The Kier molecular flexibility index (Phi) is 12.9. The molecule has 14 nitrogen and oxygen atoms in total. The standard InChI is InChI=1S/C46H42F3N6O8PS/c1-29-10-8-9-13-36(29)43(56)50-41-24-25-54(44(57)51-41)42-27-39(62-64(4,65)63-55-38-26-33(46(47,48)49)18-23-37(38)52-53-55)40(61-42)28-60-45(30-11-6-5-7-12-30,31-14-19-34(58-2)20-15-31)32-16-21-35(59-3)22-17-32/h5-26,39-40,42H,27-28H2,1-4H3,(H,50,51,56,57)/t39-,40+,42+,64?/m0/s1. The zero-order valence-corrected chi connectivity index (χ0v) is 37.1. The lowest BCUT2D eigenvalue weighted by molar-refractivity contribution is -0.137. The van der Waals surface area contributed by atoms with Crippen molar-refractivity contribution in [2.75, 3.05) is 32.8 Å². The van der Waals surface area contributed by atoms with E-state index in [0.717, 1.165) is 39.2 Å². The van der Waals surface area contributed by atoms with Crippen LogP contribution in [0.15, 0.2) is 138 Å². The summed E-state index contributed by atoms with van der Waals surface area (Å²) in [6.07, 6.45) is -6.01. The molecule has 1 aliphatic rings. The fraction of sp³-hybridized carbons (Fsp3) is 0.239. The summed E-state index contributed by atoms with van der Waals surface area (Å²) in [5.74, 6) is 0.853. The van der Waals surface area contributed by atoms with Crippen molar-refractivity contribution in [3.63, 3.8) is 0 Å². The van der Waals surface area contributed by atoms with Gasteiger partial charge >= 0.3 is 11.9 Å². The van der Waals surface area contributed by atoms with Crippen LogP contribution in [0.1, 0.15) is 50.8 Å². The molecule has 0 aliphatic carbocycles. The highest BCUT2D eigenvalue weighted by Crippen LogP contribution is 2.48. The van der Waals surface area contributed by atoms with Crippen LogP contribution in [-0.4, -0.2) is 70.3 Å². The summed E-state index contributed by atoms with van der Waals surface area (Å²) in [5.41, 5.74) is 0.561. The van der Waals surface area contributed by atoms with Gasteiger partial charge in [0.15, 0.2) is 0 Å². The number of aromatic nitrogens is 5. The van der Waals surface area contributed by atoms with Gasteiger partial charge in [0, 0.05) is 24.8 Å². The predicted molar refractivity (Wildman–Crippen MR) is 239 cm³/mol. The van der Waals surface area contributed by atoms with Gasteiger partial charge in [0.05, 0.1) is 32.5 Å². The van der Waals surface area contributed by atoms with Gasteiger partial charge in [0.1, 0.15) is 46.3 Å². The maximum absolute atomic E-state index is 13.7. The Morgan fingerprint density at radius 3 is 2.09 bits per heavy atom. The Hall–Kier alpha value is -6.43. The second-order valence-electron chi connectivity index (χ2n) is 15.1. The number of hydrogen-bond acceptors (Lipinski definition) is 12. The van der Waals surface area contributed by atoms with E-state index in [1.807, 2.05) is 84.9 Å². The molecule has 3 heterocycles.